The number of nitrogens with zero attached hydrogens (tertiary/aromatic N) is 2. The molecular weight excluding hydrogens is 184 g/mol. The van der Waals surface area contributed by atoms with Crippen molar-refractivity contribution in [3.63, 3.8) is 0 Å². The zero-order valence-electron chi connectivity index (χ0n) is 8.98. The molecule has 6 nitrogen and oxygen atoms in total. The van der Waals surface area contributed by atoms with Crippen molar-refractivity contribution in [3.05, 3.63) is 0 Å². The SMILES string of the molecule is CC(C)C(NC(=O)N(C)C)C(N)=NO. The van der Waals surface area contributed by atoms with Gasteiger partial charge >= 0.3 is 6.03 Å². The highest BCUT2D eigenvalue weighted by Crippen LogP contribution is 2.02. The van der Waals surface area contributed by atoms with Crippen LogP contribution in [0.3, 0.4) is 0 Å². The van der Waals surface area contributed by atoms with Crippen molar-refractivity contribution in [2.75, 3.05) is 14.1 Å². The molecule has 0 fully saturated rings. The number of hydrogen-bond acceptors (Lipinski definition) is 3. The Bertz CT molecular complexity index is 225. The second-order valence-corrected chi connectivity index (χ2v) is 3.59. The summed E-state index contributed by atoms with van der Waals surface area (Å²) in [6.07, 6.45) is 0. The van der Waals surface area contributed by atoms with Crippen LogP contribution in [-0.4, -0.2) is 42.1 Å². The van der Waals surface area contributed by atoms with Gasteiger partial charge in [0.25, 0.3) is 0 Å². The van der Waals surface area contributed by atoms with E-state index in [4.69, 9.17) is 10.9 Å². The molecule has 0 aromatic carbocycles. The Morgan fingerprint density at radius 3 is 2.29 bits per heavy atom. The van der Waals surface area contributed by atoms with Crippen LogP contribution in [0, 0.1) is 5.92 Å². The molecular formula is C8H18N4O2. The van der Waals surface area contributed by atoms with E-state index in [2.05, 4.69) is 10.5 Å². The lowest BCUT2D eigenvalue weighted by atomic mass is 10.0. The molecule has 0 aromatic heterocycles. The van der Waals surface area contributed by atoms with Gasteiger partial charge in [0.15, 0.2) is 5.84 Å². The Labute approximate surface area is 83.7 Å². The third-order valence-corrected chi connectivity index (χ3v) is 1.79. The van der Waals surface area contributed by atoms with E-state index in [9.17, 15) is 4.79 Å². The van der Waals surface area contributed by atoms with Gasteiger partial charge in [0.2, 0.25) is 0 Å². The topological polar surface area (TPSA) is 91.0 Å². The van der Waals surface area contributed by atoms with Gasteiger partial charge < -0.3 is 21.2 Å². The van der Waals surface area contributed by atoms with Gasteiger partial charge in [-0.25, -0.2) is 4.79 Å². The Morgan fingerprint density at radius 2 is 2.00 bits per heavy atom. The third kappa shape index (κ3) is 3.51. The first-order valence-corrected chi connectivity index (χ1v) is 4.35. The van der Waals surface area contributed by atoms with Gasteiger partial charge in [-0.3, -0.25) is 0 Å². The van der Waals surface area contributed by atoms with Gasteiger partial charge in [-0.15, -0.1) is 0 Å². The van der Waals surface area contributed by atoms with Crippen molar-refractivity contribution >= 4 is 11.9 Å². The van der Waals surface area contributed by atoms with Crippen LogP contribution in [0.1, 0.15) is 13.8 Å². The minimum absolute atomic E-state index is 0.00944. The maximum absolute atomic E-state index is 11.3. The van der Waals surface area contributed by atoms with Crippen molar-refractivity contribution in [2.24, 2.45) is 16.8 Å². The van der Waals surface area contributed by atoms with E-state index in [-0.39, 0.29) is 17.8 Å². The van der Waals surface area contributed by atoms with E-state index < -0.39 is 6.04 Å². The van der Waals surface area contributed by atoms with Gasteiger partial charge in [-0.1, -0.05) is 19.0 Å². The van der Waals surface area contributed by atoms with Gasteiger partial charge in [-0.05, 0) is 5.92 Å². The number of carbonyl (C=O) groups is 1. The molecule has 0 aliphatic carbocycles. The van der Waals surface area contributed by atoms with E-state index in [1.807, 2.05) is 13.8 Å². The molecule has 0 aromatic rings. The summed E-state index contributed by atoms with van der Waals surface area (Å²) in [5.41, 5.74) is 5.43. The molecule has 82 valence electrons. The van der Waals surface area contributed by atoms with Gasteiger partial charge in [0, 0.05) is 14.1 Å². The van der Waals surface area contributed by atoms with Crippen LogP contribution in [0.2, 0.25) is 0 Å². The summed E-state index contributed by atoms with van der Waals surface area (Å²) in [6, 6.07) is -0.717. The highest BCUT2D eigenvalue weighted by molar-refractivity contribution is 5.89. The zero-order chi connectivity index (χ0) is 11.3. The van der Waals surface area contributed by atoms with Crippen LogP contribution in [-0.2, 0) is 0 Å². The van der Waals surface area contributed by atoms with Crippen LogP contribution in [0.4, 0.5) is 4.79 Å². The Morgan fingerprint density at radius 1 is 1.50 bits per heavy atom. The van der Waals surface area contributed by atoms with Crippen LogP contribution in [0.5, 0.6) is 0 Å². The summed E-state index contributed by atoms with van der Waals surface area (Å²) < 4.78 is 0. The van der Waals surface area contributed by atoms with E-state index in [0.717, 1.165) is 0 Å². The molecule has 2 amide bonds. The number of oxime groups is 1. The maximum atomic E-state index is 11.3. The fourth-order valence-electron chi connectivity index (χ4n) is 0.906. The summed E-state index contributed by atoms with van der Waals surface area (Å²) in [4.78, 5) is 12.7. The Kier molecular flexibility index (Phi) is 4.76. The molecule has 0 saturated heterocycles. The molecule has 0 aliphatic rings. The minimum Gasteiger partial charge on any atom is -0.409 e. The minimum atomic E-state index is -0.449. The number of hydrogen-bond donors (Lipinski definition) is 3. The van der Waals surface area contributed by atoms with Gasteiger partial charge in [-0.2, -0.15) is 0 Å². The molecule has 0 bridgehead atoms. The first-order chi connectivity index (χ1) is 6.40. The normalized spacial score (nSPS) is 13.9. The number of nitrogens with two attached hydrogens (primary N) is 1. The fraction of sp³-hybridized carbons (Fsp3) is 0.750. The van der Waals surface area contributed by atoms with E-state index >= 15 is 0 Å². The molecule has 1 atom stereocenters. The standard InChI is InChI=1S/C8H18N4O2/c1-5(2)6(7(9)11-14)10-8(13)12(3)4/h5-6,14H,1-4H3,(H2,9,11)(H,10,13). The zero-order valence-corrected chi connectivity index (χ0v) is 8.98. The fourth-order valence-corrected chi connectivity index (χ4v) is 0.906. The number of urea groups is 1. The van der Waals surface area contributed by atoms with Crippen molar-refractivity contribution in [2.45, 2.75) is 19.9 Å². The lowest BCUT2D eigenvalue weighted by molar-refractivity contribution is 0.213. The van der Waals surface area contributed by atoms with Crippen molar-refractivity contribution in [1.82, 2.24) is 10.2 Å². The smallest absolute Gasteiger partial charge is 0.317 e. The molecule has 0 heterocycles. The number of nitrogens with one attached hydrogen (secondary N) is 1. The molecule has 1 unspecified atom stereocenters. The molecule has 0 saturated carbocycles. The second-order valence-electron chi connectivity index (χ2n) is 3.59. The van der Waals surface area contributed by atoms with Crippen LogP contribution in [0.15, 0.2) is 5.16 Å². The second kappa shape index (κ2) is 5.31. The first-order valence-electron chi connectivity index (χ1n) is 4.35. The third-order valence-electron chi connectivity index (χ3n) is 1.79. The number of amides is 2. The highest BCUT2D eigenvalue weighted by atomic mass is 16.4. The van der Waals surface area contributed by atoms with Gasteiger partial charge in [0.05, 0.1) is 6.04 Å². The summed E-state index contributed by atoms with van der Waals surface area (Å²) >= 11 is 0. The Balaban J connectivity index is 4.47. The van der Waals surface area contributed by atoms with Crippen molar-refractivity contribution in [1.29, 1.82) is 0 Å². The largest absolute Gasteiger partial charge is 0.409 e. The average Bonchev–Trinajstić information content (AvgIpc) is 2.11. The summed E-state index contributed by atoms with van der Waals surface area (Å²) in [6.45, 7) is 3.75. The lowest BCUT2D eigenvalue weighted by Gasteiger charge is -2.23. The van der Waals surface area contributed by atoms with Crippen molar-refractivity contribution in [3.8, 4) is 0 Å². The predicted molar refractivity (Wildman–Crippen MR) is 54.3 cm³/mol. The van der Waals surface area contributed by atoms with Crippen LogP contribution in [0.25, 0.3) is 0 Å². The van der Waals surface area contributed by atoms with Crippen molar-refractivity contribution < 1.29 is 10.0 Å². The summed E-state index contributed by atoms with van der Waals surface area (Å²) in [5.74, 6) is 0.0741. The molecule has 0 spiro atoms. The highest BCUT2D eigenvalue weighted by Gasteiger charge is 2.21. The predicted octanol–water partition coefficient (Wildman–Crippen LogP) is 0.0286. The van der Waals surface area contributed by atoms with E-state index in [1.54, 1.807) is 14.1 Å². The first kappa shape index (κ1) is 12.5. The number of rotatable bonds is 3. The van der Waals surface area contributed by atoms with Gasteiger partial charge in [0.1, 0.15) is 0 Å². The lowest BCUT2D eigenvalue weighted by Crippen LogP contribution is -2.50. The Hall–Kier alpha value is -1.46. The number of carbonyl (C=O) groups excluding carboxylic acids is 1. The van der Waals surface area contributed by atoms with E-state index in [1.165, 1.54) is 4.90 Å². The van der Waals surface area contributed by atoms with Crippen LogP contribution >= 0.6 is 0 Å². The quantitative estimate of drug-likeness (QED) is 0.261. The summed E-state index contributed by atoms with van der Waals surface area (Å²) in [7, 11) is 3.25. The maximum Gasteiger partial charge on any atom is 0.317 e. The van der Waals surface area contributed by atoms with Crippen LogP contribution < -0.4 is 11.1 Å². The molecule has 4 N–H and O–H groups in total. The molecule has 6 heteroatoms. The average molecular weight is 202 g/mol. The molecule has 0 aliphatic heterocycles. The molecule has 0 rings (SSSR count). The molecule has 0 radical (unpaired) electrons. The molecule has 14 heavy (non-hydrogen) atoms. The number of amidine groups is 1. The van der Waals surface area contributed by atoms with E-state index in [0.29, 0.717) is 0 Å². The summed E-state index contributed by atoms with van der Waals surface area (Å²) in [5, 5.41) is 14.0. The monoisotopic (exact) mass is 202 g/mol.